The number of nitrogens with zero attached hydrogens (tertiary/aromatic N) is 2. The molecule has 2 aromatic rings. The summed E-state index contributed by atoms with van der Waals surface area (Å²) in [6, 6.07) is 3.48. The third-order valence-corrected chi connectivity index (χ3v) is 2.77. The van der Waals surface area contributed by atoms with Gasteiger partial charge in [-0.1, -0.05) is 0 Å². The number of nitrogens with one attached hydrogen (secondary N) is 1. The second-order valence-corrected chi connectivity index (χ2v) is 4.23. The van der Waals surface area contributed by atoms with Crippen molar-refractivity contribution in [3.05, 3.63) is 40.6 Å². The van der Waals surface area contributed by atoms with Gasteiger partial charge < -0.3 is 11.1 Å². The largest absolute Gasteiger partial charge is 0.397 e. The highest BCUT2D eigenvalue weighted by Gasteiger charge is 2.04. The van der Waals surface area contributed by atoms with E-state index in [9.17, 15) is 4.79 Å². The van der Waals surface area contributed by atoms with Crippen molar-refractivity contribution in [1.82, 2.24) is 15.3 Å². The Morgan fingerprint density at radius 1 is 1.35 bits per heavy atom. The van der Waals surface area contributed by atoms with Crippen LogP contribution < -0.4 is 11.1 Å². The van der Waals surface area contributed by atoms with E-state index in [0.717, 1.165) is 5.69 Å². The zero-order valence-corrected chi connectivity index (χ0v) is 9.91. The summed E-state index contributed by atoms with van der Waals surface area (Å²) < 4.78 is 0. The van der Waals surface area contributed by atoms with Crippen LogP contribution in [0, 0.1) is 0 Å². The molecule has 0 fully saturated rings. The molecular formula is C11H12N4OS. The molecular weight excluding hydrogens is 236 g/mol. The van der Waals surface area contributed by atoms with Crippen molar-refractivity contribution in [2.75, 3.05) is 5.73 Å². The third kappa shape index (κ3) is 3.53. The summed E-state index contributed by atoms with van der Waals surface area (Å²) in [5, 5.41) is 4.69. The molecule has 0 aliphatic rings. The van der Waals surface area contributed by atoms with Crippen LogP contribution in [-0.2, 0) is 17.8 Å². The monoisotopic (exact) mass is 248 g/mol. The first-order chi connectivity index (χ1) is 8.24. The molecule has 0 aliphatic carbocycles. The highest BCUT2D eigenvalue weighted by Crippen LogP contribution is 2.03. The van der Waals surface area contributed by atoms with Gasteiger partial charge in [0.05, 0.1) is 36.1 Å². The summed E-state index contributed by atoms with van der Waals surface area (Å²) in [7, 11) is 0. The number of rotatable bonds is 4. The fourth-order valence-corrected chi connectivity index (χ4v) is 1.84. The molecule has 0 unspecified atom stereocenters. The van der Waals surface area contributed by atoms with Gasteiger partial charge in [-0.15, -0.1) is 11.3 Å². The molecule has 2 heterocycles. The molecule has 0 radical (unpaired) electrons. The topological polar surface area (TPSA) is 80.9 Å². The van der Waals surface area contributed by atoms with Crippen LogP contribution in [0.4, 0.5) is 5.69 Å². The quantitative estimate of drug-likeness (QED) is 0.845. The van der Waals surface area contributed by atoms with Gasteiger partial charge in [0.2, 0.25) is 5.91 Å². The summed E-state index contributed by atoms with van der Waals surface area (Å²) in [6.07, 6.45) is 1.80. The Balaban J connectivity index is 1.83. The number of hydrogen-bond donors (Lipinski definition) is 2. The Morgan fingerprint density at radius 3 is 2.88 bits per heavy atom. The standard InChI is InChI=1S/C11H12N4OS/c12-8-1-2-9(13-4-8)3-11(16)14-5-10-6-17-7-15-10/h1-2,4,6-7H,3,5,12H2,(H,14,16). The number of carbonyl (C=O) groups is 1. The maximum atomic E-state index is 11.6. The molecule has 2 aromatic heterocycles. The second-order valence-electron chi connectivity index (χ2n) is 3.52. The molecule has 1 amide bonds. The smallest absolute Gasteiger partial charge is 0.226 e. The lowest BCUT2D eigenvalue weighted by Gasteiger charge is -2.03. The van der Waals surface area contributed by atoms with E-state index in [-0.39, 0.29) is 12.3 Å². The molecule has 2 rings (SSSR count). The molecule has 0 aromatic carbocycles. The van der Waals surface area contributed by atoms with Crippen LogP contribution in [0.2, 0.25) is 0 Å². The van der Waals surface area contributed by atoms with Gasteiger partial charge in [0, 0.05) is 11.1 Å². The van der Waals surface area contributed by atoms with Crippen molar-refractivity contribution < 1.29 is 4.79 Å². The van der Waals surface area contributed by atoms with Crippen molar-refractivity contribution in [3.8, 4) is 0 Å². The number of hydrogen-bond acceptors (Lipinski definition) is 5. The number of thiazole rings is 1. The van der Waals surface area contributed by atoms with E-state index in [2.05, 4.69) is 15.3 Å². The first-order valence-corrected chi connectivity index (χ1v) is 6.02. The zero-order valence-electron chi connectivity index (χ0n) is 9.09. The minimum Gasteiger partial charge on any atom is -0.397 e. The molecule has 88 valence electrons. The van der Waals surface area contributed by atoms with Crippen molar-refractivity contribution in [1.29, 1.82) is 0 Å². The summed E-state index contributed by atoms with van der Waals surface area (Å²) >= 11 is 1.51. The summed E-state index contributed by atoms with van der Waals surface area (Å²) in [5.41, 5.74) is 9.42. The van der Waals surface area contributed by atoms with Gasteiger partial charge in [0.25, 0.3) is 0 Å². The number of aromatic nitrogens is 2. The number of amides is 1. The van der Waals surface area contributed by atoms with Crippen LogP contribution in [0.3, 0.4) is 0 Å². The Hall–Kier alpha value is -1.95. The average molecular weight is 248 g/mol. The predicted molar refractivity (Wildman–Crippen MR) is 66.3 cm³/mol. The number of anilines is 1. The van der Waals surface area contributed by atoms with E-state index in [1.54, 1.807) is 23.8 Å². The highest BCUT2D eigenvalue weighted by molar-refractivity contribution is 7.07. The van der Waals surface area contributed by atoms with Crippen LogP contribution in [0.25, 0.3) is 0 Å². The van der Waals surface area contributed by atoms with Crippen molar-refractivity contribution in [2.24, 2.45) is 0 Å². The summed E-state index contributed by atoms with van der Waals surface area (Å²) in [5.74, 6) is -0.0738. The molecule has 5 nitrogen and oxygen atoms in total. The predicted octanol–water partition coefficient (Wildman–Crippen LogP) is 0.979. The van der Waals surface area contributed by atoms with Crippen LogP contribution in [-0.4, -0.2) is 15.9 Å². The molecule has 0 saturated carbocycles. The molecule has 3 N–H and O–H groups in total. The van der Waals surface area contributed by atoms with Gasteiger partial charge in [-0.2, -0.15) is 0 Å². The van der Waals surface area contributed by atoms with E-state index in [1.807, 2.05) is 5.38 Å². The first kappa shape index (κ1) is 11.5. The normalized spacial score (nSPS) is 10.1. The maximum Gasteiger partial charge on any atom is 0.226 e. The fraction of sp³-hybridized carbons (Fsp3) is 0.182. The zero-order chi connectivity index (χ0) is 12.1. The molecule has 6 heteroatoms. The van der Waals surface area contributed by atoms with E-state index in [0.29, 0.717) is 17.9 Å². The molecule has 0 bridgehead atoms. The molecule has 0 atom stereocenters. The lowest BCUT2D eigenvalue weighted by atomic mass is 10.2. The van der Waals surface area contributed by atoms with Gasteiger partial charge in [-0.05, 0) is 12.1 Å². The van der Waals surface area contributed by atoms with E-state index < -0.39 is 0 Å². The number of carbonyl (C=O) groups excluding carboxylic acids is 1. The van der Waals surface area contributed by atoms with Crippen LogP contribution in [0.15, 0.2) is 29.2 Å². The third-order valence-electron chi connectivity index (χ3n) is 2.14. The Bertz CT molecular complexity index is 481. The molecule has 0 saturated heterocycles. The van der Waals surface area contributed by atoms with Gasteiger partial charge in [-0.3, -0.25) is 9.78 Å². The van der Waals surface area contributed by atoms with Gasteiger partial charge in [-0.25, -0.2) is 4.98 Å². The highest BCUT2D eigenvalue weighted by atomic mass is 32.1. The van der Waals surface area contributed by atoms with Gasteiger partial charge in [0.15, 0.2) is 0 Å². The van der Waals surface area contributed by atoms with Crippen molar-refractivity contribution in [2.45, 2.75) is 13.0 Å². The Morgan fingerprint density at radius 2 is 2.24 bits per heavy atom. The first-order valence-electron chi connectivity index (χ1n) is 5.08. The second kappa shape index (κ2) is 5.40. The lowest BCUT2D eigenvalue weighted by Crippen LogP contribution is -2.25. The van der Waals surface area contributed by atoms with E-state index in [1.165, 1.54) is 11.3 Å². The van der Waals surface area contributed by atoms with Crippen molar-refractivity contribution in [3.63, 3.8) is 0 Å². The fourth-order valence-electron chi connectivity index (χ4n) is 1.28. The Labute approximate surface area is 103 Å². The van der Waals surface area contributed by atoms with E-state index in [4.69, 9.17) is 5.73 Å². The minimum absolute atomic E-state index is 0.0738. The summed E-state index contributed by atoms with van der Waals surface area (Å²) in [6.45, 7) is 0.456. The van der Waals surface area contributed by atoms with Crippen LogP contribution in [0.5, 0.6) is 0 Å². The molecule has 0 aliphatic heterocycles. The maximum absolute atomic E-state index is 11.6. The number of pyridine rings is 1. The van der Waals surface area contributed by atoms with Gasteiger partial charge >= 0.3 is 0 Å². The average Bonchev–Trinajstić information content (AvgIpc) is 2.83. The Kier molecular flexibility index (Phi) is 3.66. The number of nitrogens with two attached hydrogens (primary N) is 1. The van der Waals surface area contributed by atoms with Gasteiger partial charge in [0.1, 0.15) is 0 Å². The SMILES string of the molecule is Nc1ccc(CC(=O)NCc2cscn2)nc1. The molecule has 0 spiro atoms. The lowest BCUT2D eigenvalue weighted by molar-refractivity contribution is -0.120. The molecule has 17 heavy (non-hydrogen) atoms. The summed E-state index contributed by atoms with van der Waals surface area (Å²) in [4.78, 5) is 19.7. The van der Waals surface area contributed by atoms with Crippen LogP contribution >= 0.6 is 11.3 Å². The minimum atomic E-state index is -0.0738. The number of nitrogen functional groups attached to an aromatic ring is 1. The van der Waals surface area contributed by atoms with Crippen LogP contribution in [0.1, 0.15) is 11.4 Å². The van der Waals surface area contributed by atoms with Crippen molar-refractivity contribution >= 4 is 22.9 Å². The van der Waals surface area contributed by atoms with E-state index >= 15 is 0 Å².